The van der Waals surface area contributed by atoms with Gasteiger partial charge in [-0.05, 0) is 75.9 Å². The van der Waals surface area contributed by atoms with Crippen molar-refractivity contribution in [2.75, 3.05) is 60.4 Å². The number of nitrogens with one attached hydrogen (secondary N) is 1. The third kappa shape index (κ3) is 23.0. The number of hydrogen-bond donors (Lipinski definition) is 1. The van der Waals surface area contributed by atoms with E-state index in [0.717, 1.165) is 40.4 Å². The van der Waals surface area contributed by atoms with Crippen LogP contribution in [0.5, 0.6) is 0 Å². The fourth-order valence-electron chi connectivity index (χ4n) is 8.09. The summed E-state index contributed by atoms with van der Waals surface area (Å²) in [6.45, 7) is 5.13. The summed E-state index contributed by atoms with van der Waals surface area (Å²) in [7, 11) is 5.65. The quantitative estimate of drug-likeness (QED) is 0.0524. The number of carbonyl (C=O) groups excluding carboxylic acids is 5. The summed E-state index contributed by atoms with van der Waals surface area (Å²) in [5.74, 6) is 9.74. The van der Waals surface area contributed by atoms with Crippen LogP contribution in [0.2, 0.25) is 0 Å². The Bertz CT molecular complexity index is 2200. The first kappa shape index (κ1) is 66.8. The molecule has 2 heterocycles. The molecule has 6 rings (SSSR count). The van der Waals surface area contributed by atoms with Crippen molar-refractivity contribution in [1.29, 1.82) is 0 Å². The number of piperidine rings is 2. The number of alkyl halides is 2. The Balaban J connectivity index is 0. The van der Waals surface area contributed by atoms with Gasteiger partial charge in [-0.2, -0.15) is 0 Å². The molecule has 2 fully saturated rings. The number of carbonyl (C=O) groups is 5. The maximum Gasteiger partial charge on any atom is 1.00 e. The molecule has 1 N–H and O–H groups in total. The van der Waals surface area contributed by atoms with E-state index in [4.69, 9.17) is 20.9 Å². The zero-order valence-electron chi connectivity index (χ0n) is 44.2. The van der Waals surface area contributed by atoms with Crippen LogP contribution in [0.25, 0.3) is 0 Å². The van der Waals surface area contributed by atoms with E-state index in [-0.39, 0.29) is 182 Å². The molecule has 71 heavy (non-hydrogen) atoms. The van der Waals surface area contributed by atoms with Crippen molar-refractivity contribution in [3.05, 3.63) is 144 Å². The first-order chi connectivity index (χ1) is 34.0. The van der Waals surface area contributed by atoms with E-state index >= 15 is 0 Å². The van der Waals surface area contributed by atoms with E-state index in [1.54, 1.807) is 9.80 Å². The number of amides is 2. The summed E-state index contributed by atoms with van der Waals surface area (Å²) < 4.78 is 25.6. The Morgan fingerprint density at radius 2 is 1.11 bits per heavy atom. The zero-order chi connectivity index (χ0) is 51.7. The molecule has 0 saturated carbocycles. The Morgan fingerprint density at radius 3 is 1.41 bits per heavy atom. The molecule has 4 aromatic rings. The molecule has 2 saturated heterocycles. The molecule has 2 amide bonds. The normalized spacial score (nSPS) is 16.5. The molecule has 0 aromatic heterocycles. The van der Waals surface area contributed by atoms with Crippen molar-refractivity contribution in [1.82, 2.24) is 20.0 Å². The van der Waals surface area contributed by atoms with Gasteiger partial charge in [0.05, 0.1) is 46.5 Å². The molecule has 2 aliphatic rings. The molecule has 17 heteroatoms. The molecule has 4 aromatic carbocycles. The maximum atomic E-state index is 13.9. The third-order valence-corrected chi connectivity index (χ3v) is 11.8. The molecule has 0 radical (unpaired) electrons. The number of hydrogen-bond acceptors (Lipinski definition) is 11. The first-order valence-corrected chi connectivity index (χ1v) is 23.4. The number of ether oxygens (including phenoxy) is 2. The molecule has 372 valence electrons. The average molecular weight is 1280 g/mol. The topological polar surface area (TPSA) is 158 Å². The van der Waals surface area contributed by atoms with Crippen molar-refractivity contribution in [2.45, 2.75) is 75.5 Å². The second-order valence-corrected chi connectivity index (χ2v) is 16.0. The summed E-state index contributed by atoms with van der Waals surface area (Å²) in [4.78, 5) is 69.4. The minimum Gasteiger partial charge on any atom is -1.00 e. The van der Waals surface area contributed by atoms with Crippen LogP contribution in [0.4, 0.5) is 4.39 Å². The second-order valence-electron chi connectivity index (χ2n) is 15.4. The number of benzene rings is 4. The van der Waals surface area contributed by atoms with E-state index in [1.165, 1.54) is 14.2 Å². The van der Waals surface area contributed by atoms with Gasteiger partial charge < -0.3 is 36.2 Å². The second kappa shape index (κ2) is 41.0. The van der Waals surface area contributed by atoms with Crippen LogP contribution in [-0.2, 0) is 38.3 Å². The maximum absolute atomic E-state index is 13.9. The van der Waals surface area contributed by atoms with Crippen LogP contribution >= 0.6 is 15.9 Å². The molecule has 0 unspecified atom stereocenters. The molecule has 4 atom stereocenters. The van der Waals surface area contributed by atoms with Gasteiger partial charge in [-0.1, -0.05) is 149 Å². The molecule has 2 aliphatic heterocycles. The van der Waals surface area contributed by atoms with Crippen LogP contribution in [0.3, 0.4) is 0 Å². The summed E-state index contributed by atoms with van der Waals surface area (Å²) in [6.07, 6.45) is 2.70. The van der Waals surface area contributed by atoms with Crippen molar-refractivity contribution in [2.24, 2.45) is 0 Å². The number of rotatable bonds is 12. The molecule has 0 bridgehead atoms. The van der Waals surface area contributed by atoms with Gasteiger partial charge in [0, 0.05) is 25.2 Å². The van der Waals surface area contributed by atoms with Gasteiger partial charge in [-0.3, -0.25) is 23.7 Å². The fourth-order valence-corrected chi connectivity index (χ4v) is 8.37. The van der Waals surface area contributed by atoms with Crippen molar-refractivity contribution < 1.29 is 189 Å². The number of halogens is 2. The van der Waals surface area contributed by atoms with Crippen molar-refractivity contribution in [3.8, 4) is 23.7 Å². The monoisotopic (exact) mass is 1280 g/mol. The Morgan fingerprint density at radius 1 is 0.761 bits per heavy atom. The van der Waals surface area contributed by atoms with Crippen LogP contribution in [0.1, 0.15) is 76.4 Å². The zero-order valence-corrected chi connectivity index (χ0v) is 56.4. The van der Waals surface area contributed by atoms with E-state index in [1.807, 2.05) is 149 Å². The molecular weight excluding hydrogens is 1210 g/mol. The van der Waals surface area contributed by atoms with Crippen LogP contribution in [-0.4, -0.2) is 130 Å². The largest absolute Gasteiger partial charge is 1.00 e. The molecule has 0 aliphatic carbocycles. The predicted molar refractivity (Wildman–Crippen MR) is 268 cm³/mol. The van der Waals surface area contributed by atoms with Gasteiger partial charge >= 0.3 is 150 Å². The van der Waals surface area contributed by atoms with Gasteiger partial charge in [-0.15, -0.1) is 11.8 Å². The first-order valence-electron chi connectivity index (χ1n) is 22.9. The van der Waals surface area contributed by atoms with Gasteiger partial charge in [0.1, 0.15) is 12.1 Å². The van der Waals surface area contributed by atoms with Gasteiger partial charge in [0.2, 0.25) is 11.8 Å². The summed E-state index contributed by atoms with van der Waals surface area (Å²) >= 11 is 3.14. The van der Waals surface area contributed by atoms with E-state index in [2.05, 4.69) is 54.7 Å². The number of nitrogens with zero attached hydrogens (tertiary/aromatic N) is 3. The summed E-state index contributed by atoms with van der Waals surface area (Å²) in [6, 6.07) is 38.1. The minimum atomic E-state index is -1.00. The SMILES string of the molecule is CC#CCBr.CC#CCN(C)[C@@H]1CCN(C(=O)C(c2ccccc2)c2ccccc2)[C@H](C(=O)OC)C1.CN[C@@H]1CCN(C(=O)C(c2ccccc2)c2ccccc2)[C@H](C(=O)OC)C1.O=CO[O-].[2H]CF.[Cs+].[Cs+].[H-]. The van der Waals surface area contributed by atoms with Crippen molar-refractivity contribution >= 4 is 46.2 Å². The number of likely N-dealkylation sites (tertiary alicyclic amines) is 2. The fraction of sp³-hybridized carbons (Fsp3) is 0.389. The van der Waals surface area contributed by atoms with Crippen molar-refractivity contribution in [3.63, 3.8) is 0 Å². The van der Waals surface area contributed by atoms with E-state index in [9.17, 15) is 23.6 Å². The van der Waals surface area contributed by atoms with Crippen LogP contribution in [0.15, 0.2) is 121 Å². The molecular formula is C54H66BrCs2FN4O9. The van der Waals surface area contributed by atoms with Crippen LogP contribution < -0.4 is 148 Å². The third-order valence-electron chi connectivity index (χ3n) is 11.5. The Kier molecular flexibility index (Phi) is 38.6. The van der Waals surface area contributed by atoms with E-state index in [0.29, 0.717) is 32.5 Å². The number of esters is 2. The van der Waals surface area contributed by atoms with Crippen LogP contribution in [0, 0.1) is 23.7 Å². The number of methoxy groups -OCH3 is 2. The predicted octanol–water partition coefficient (Wildman–Crippen LogP) is 0.422. The van der Waals surface area contributed by atoms with Gasteiger partial charge in [0.25, 0.3) is 6.47 Å². The Hall–Kier alpha value is -2.26. The average Bonchev–Trinajstić information content (AvgIpc) is 3.41. The summed E-state index contributed by atoms with van der Waals surface area (Å²) in [5, 5.41) is 12.4. The Labute approximate surface area is 549 Å². The van der Waals surface area contributed by atoms with Gasteiger partial charge in [-0.25, -0.2) is 9.59 Å². The molecule has 0 spiro atoms. The summed E-state index contributed by atoms with van der Waals surface area (Å²) in [5.41, 5.74) is 3.68. The standard InChI is InChI=1S/C26H30N2O3.C22H26N2O3.C4H5Br.CH3F.CH2O3.2Cs.H/c1-4-5-17-27(2)22-16-18-28(23(19-22)26(30)31-3)25(29)24(20-12-8-6-9-13-20)21-14-10-7-11-15-21;1-23-18-13-14-24(19(15-18)22(26)27-2)21(25)20(16-9-5-3-6-10-16)17-11-7-4-8-12-17;1-2-3-4-5;1-2;2-1-4-3;;;/h6-15,22-24H,16-19H2,1-3H3;3-12,18-20,23H,13-15H2,1-2H3;4H2,1H3;1H3;1,3H;;;/q;;;;;2*+1;-1/p-1/t22-,23+;18-,19+;;;;;;/m11....../s1/i;;;1D;;;;. The minimum absolute atomic E-state index is 0. The van der Waals surface area contributed by atoms with Gasteiger partial charge in [0.15, 0.2) is 0 Å². The smallest absolute Gasteiger partial charge is 1.00 e. The molecule has 13 nitrogen and oxygen atoms in total. The van der Waals surface area contributed by atoms with E-state index < -0.39 is 31.1 Å².